The Balaban J connectivity index is 0.00000141. The highest BCUT2D eigenvalue weighted by molar-refractivity contribution is 5.67. The van der Waals surface area contributed by atoms with Crippen molar-refractivity contribution in [3.05, 3.63) is 58.7 Å². The van der Waals surface area contributed by atoms with E-state index >= 15 is 0 Å². The molecule has 2 N–H and O–H groups in total. The third kappa shape index (κ3) is 6.62. The van der Waals surface area contributed by atoms with E-state index in [4.69, 9.17) is 20.8 Å². The van der Waals surface area contributed by atoms with Crippen molar-refractivity contribution in [2.45, 2.75) is 79.1 Å². The number of aliphatic imine (C=N–C) groups is 2. The van der Waals surface area contributed by atoms with Gasteiger partial charge in [-0.25, -0.2) is 10.8 Å². The van der Waals surface area contributed by atoms with Crippen LogP contribution in [0.3, 0.4) is 0 Å². The fourth-order valence-electron chi connectivity index (χ4n) is 3.41. The molecule has 2 aromatic carbocycles. The molecule has 0 fully saturated rings. The Morgan fingerprint density at radius 3 is 1.00 bits per heavy atom. The molecule has 2 aromatic rings. The minimum atomic E-state index is 0.415. The van der Waals surface area contributed by atoms with Crippen LogP contribution in [0.4, 0.5) is 11.4 Å². The second-order valence-electron chi connectivity index (χ2n) is 8.64. The first-order chi connectivity index (χ1) is 14.1. The lowest BCUT2D eigenvalue weighted by molar-refractivity contribution is 0.833. The molecule has 0 amide bonds. The van der Waals surface area contributed by atoms with Gasteiger partial charge < -0.3 is 0 Å². The van der Waals surface area contributed by atoms with E-state index in [2.05, 4.69) is 97.8 Å². The highest BCUT2D eigenvalue weighted by atomic mass is 14.8. The predicted molar refractivity (Wildman–Crippen MR) is 129 cm³/mol. The molecule has 0 aliphatic carbocycles. The molecule has 0 bridgehead atoms. The van der Waals surface area contributed by atoms with Crippen molar-refractivity contribution in [2.24, 2.45) is 9.98 Å². The lowest BCUT2D eigenvalue weighted by Gasteiger charge is -2.16. The van der Waals surface area contributed by atoms with Crippen LogP contribution in [0.1, 0.15) is 101 Å². The van der Waals surface area contributed by atoms with Crippen LogP contribution in [-0.4, -0.2) is 12.0 Å². The molecule has 0 unspecified atom stereocenters. The van der Waals surface area contributed by atoms with E-state index < -0.39 is 0 Å². The number of para-hydroxylation sites is 2. The van der Waals surface area contributed by atoms with Crippen molar-refractivity contribution >= 4 is 23.4 Å². The molecule has 2 rings (SSSR count). The first kappa shape index (κ1) is 25.2. The standard InChI is InChI=1S/C25H34N2.CH2N2/c1-16(2)20-11-9-12-21(17(3)4)24(20)26-15-27-25-22(18(5)6)13-10-14-23(25)19(7)8;2-1-3/h9-14,16-19H,1-8H3;2-3H. The maximum Gasteiger partial charge on any atom is 0.101 e. The summed E-state index contributed by atoms with van der Waals surface area (Å²) in [6, 6.07) is 17.2. The van der Waals surface area contributed by atoms with Gasteiger partial charge in [0.1, 0.15) is 6.01 Å². The number of nitrogens with zero attached hydrogens (tertiary/aromatic N) is 2. The zero-order valence-electron chi connectivity index (χ0n) is 19.7. The molecule has 0 saturated carbocycles. The van der Waals surface area contributed by atoms with Gasteiger partial charge in [0.2, 0.25) is 0 Å². The van der Waals surface area contributed by atoms with E-state index in [1.165, 1.54) is 28.3 Å². The van der Waals surface area contributed by atoms with Crippen LogP contribution in [0.25, 0.3) is 0 Å². The monoisotopic (exact) mass is 404 g/mol. The Morgan fingerprint density at radius 1 is 0.567 bits per heavy atom. The molecule has 4 nitrogen and oxygen atoms in total. The maximum atomic E-state index is 5.62. The summed E-state index contributed by atoms with van der Waals surface area (Å²) in [5.41, 5.74) is 7.07. The van der Waals surface area contributed by atoms with Crippen molar-refractivity contribution in [2.75, 3.05) is 0 Å². The maximum absolute atomic E-state index is 5.62. The first-order valence-electron chi connectivity index (χ1n) is 10.7. The Hall–Kier alpha value is -2.80. The van der Waals surface area contributed by atoms with Crippen molar-refractivity contribution in [1.82, 2.24) is 0 Å². The Labute approximate surface area is 182 Å². The minimum Gasteiger partial charge on any atom is -0.242 e. The van der Waals surface area contributed by atoms with Crippen molar-refractivity contribution in [3.8, 4) is 0 Å². The summed E-state index contributed by atoms with van der Waals surface area (Å²) >= 11 is 0. The van der Waals surface area contributed by atoms with Crippen LogP contribution in [-0.2, 0) is 0 Å². The minimum absolute atomic E-state index is 0.415. The van der Waals surface area contributed by atoms with E-state index in [0.717, 1.165) is 11.4 Å². The van der Waals surface area contributed by atoms with Crippen LogP contribution in [0.15, 0.2) is 46.4 Å². The van der Waals surface area contributed by atoms with Gasteiger partial charge in [0.25, 0.3) is 0 Å². The molecule has 30 heavy (non-hydrogen) atoms. The number of hydrogen-bond donors (Lipinski definition) is 2. The van der Waals surface area contributed by atoms with Crippen LogP contribution in [0.2, 0.25) is 0 Å². The molecule has 0 aromatic heterocycles. The molecule has 0 radical (unpaired) electrons. The van der Waals surface area contributed by atoms with Gasteiger partial charge in [0, 0.05) is 0 Å². The molecule has 0 aliphatic heterocycles. The Morgan fingerprint density at radius 2 is 0.800 bits per heavy atom. The molecule has 4 heteroatoms. The third-order valence-corrected chi connectivity index (χ3v) is 5.01. The quantitative estimate of drug-likeness (QED) is 0.452. The SMILES string of the molecule is CC(C)c1cccc(C(C)C)c1N=C=Nc1c(C(C)C)cccc1C(C)C.N=C=N. The second kappa shape index (κ2) is 12.0. The second-order valence-corrected chi connectivity index (χ2v) is 8.64. The predicted octanol–water partition coefficient (Wildman–Crippen LogP) is 8.64. The highest BCUT2D eigenvalue weighted by Crippen LogP contribution is 2.36. The summed E-state index contributed by atoms with van der Waals surface area (Å²) < 4.78 is 0. The lowest BCUT2D eigenvalue weighted by Crippen LogP contribution is -1.95. The normalized spacial score (nSPS) is 10.5. The molecular weight excluding hydrogens is 368 g/mol. The largest absolute Gasteiger partial charge is 0.242 e. The zero-order chi connectivity index (χ0) is 22.8. The summed E-state index contributed by atoms with van der Waals surface area (Å²) in [5.74, 6) is 1.66. The highest BCUT2D eigenvalue weighted by Gasteiger charge is 2.14. The Bertz CT molecular complexity index is 804. The molecule has 160 valence electrons. The van der Waals surface area contributed by atoms with E-state index in [9.17, 15) is 0 Å². The fourth-order valence-corrected chi connectivity index (χ4v) is 3.41. The molecule has 0 aliphatic rings. The van der Waals surface area contributed by atoms with Gasteiger partial charge in [-0.1, -0.05) is 91.8 Å². The van der Waals surface area contributed by atoms with E-state index in [-0.39, 0.29) is 0 Å². The fraction of sp³-hybridized carbons (Fsp3) is 0.462. The van der Waals surface area contributed by atoms with Crippen LogP contribution < -0.4 is 0 Å². The number of hydrogen-bond acceptors (Lipinski definition) is 4. The summed E-state index contributed by atoms with van der Waals surface area (Å²) in [6.07, 6.45) is 0. The van der Waals surface area contributed by atoms with Crippen molar-refractivity contribution in [3.63, 3.8) is 0 Å². The summed E-state index contributed by atoms with van der Waals surface area (Å²) in [4.78, 5) is 9.46. The van der Waals surface area contributed by atoms with Crippen LogP contribution in [0, 0.1) is 10.8 Å². The number of benzene rings is 2. The summed E-state index contributed by atoms with van der Waals surface area (Å²) in [5, 5.41) is 11.2. The smallest absolute Gasteiger partial charge is 0.101 e. The lowest BCUT2D eigenvalue weighted by atomic mass is 9.93. The third-order valence-electron chi connectivity index (χ3n) is 5.01. The molecule has 0 heterocycles. The van der Waals surface area contributed by atoms with E-state index in [1.807, 2.05) is 0 Å². The van der Waals surface area contributed by atoms with Crippen LogP contribution >= 0.6 is 0 Å². The molecular formula is C26H36N4. The molecule has 0 atom stereocenters. The van der Waals surface area contributed by atoms with E-state index in [0.29, 0.717) is 23.7 Å². The van der Waals surface area contributed by atoms with Crippen molar-refractivity contribution in [1.29, 1.82) is 10.8 Å². The average Bonchev–Trinajstić information content (AvgIpc) is 2.68. The van der Waals surface area contributed by atoms with Gasteiger partial charge in [-0.05, 0) is 45.9 Å². The van der Waals surface area contributed by atoms with E-state index in [1.54, 1.807) is 0 Å². The number of nitrogens with one attached hydrogen (secondary N) is 2. The van der Waals surface area contributed by atoms with Gasteiger partial charge in [-0.2, -0.15) is 9.98 Å². The molecule has 0 saturated heterocycles. The molecule has 0 spiro atoms. The summed E-state index contributed by atoms with van der Waals surface area (Å²) in [6.45, 7) is 17.7. The van der Waals surface area contributed by atoms with Crippen LogP contribution in [0.5, 0.6) is 0 Å². The average molecular weight is 405 g/mol. The summed E-state index contributed by atoms with van der Waals surface area (Å²) in [7, 11) is 0. The van der Waals surface area contributed by atoms with Gasteiger partial charge in [-0.15, -0.1) is 0 Å². The Kier molecular flexibility index (Phi) is 10.1. The number of rotatable bonds is 6. The van der Waals surface area contributed by atoms with Gasteiger partial charge >= 0.3 is 0 Å². The zero-order valence-corrected chi connectivity index (χ0v) is 19.7. The van der Waals surface area contributed by atoms with Gasteiger partial charge in [0.15, 0.2) is 0 Å². The van der Waals surface area contributed by atoms with Crippen molar-refractivity contribution < 1.29 is 0 Å². The van der Waals surface area contributed by atoms with Gasteiger partial charge in [-0.3, -0.25) is 0 Å². The first-order valence-corrected chi connectivity index (χ1v) is 10.7. The van der Waals surface area contributed by atoms with Gasteiger partial charge in [0.05, 0.1) is 17.4 Å². The topological polar surface area (TPSA) is 72.4 Å².